The molecule has 0 aliphatic rings. The van der Waals surface area contributed by atoms with Gasteiger partial charge in [-0.25, -0.2) is 4.98 Å². The number of pyridine rings is 1. The van der Waals surface area contributed by atoms with Gasteiger partial charge in [-0.2, -0.15) is 0 Å². The second kappa shape index (κ2) is 6.06. The van der Waals surface area contributed by atoms with Gasteiger partial charge in [0.1, 0.15) is 6.10 Å². The molecule has 1 N–H and O–H groups in total. The van der Waals surface area contributed by atoms with Gasteiger partial charge in [0.15, 0.2) is 0 Å². The first kappa shape index (κ1) is 14.5. The van der Waals surface area contributed by atoms with Crippen molar-refractivity contribution in [2.75, 3.05) is 7.11 Å². The van der Waals surface area contributed by atoms with Crippen LogP contribution in [0.2, 0.25) is 0 Å². The van der Waals surface area contributed by atoms with Gasteiger partial charge in [-0.3, -0.25) is 0 Å². The van der Waals surface area contributed by atoms with E-state index >= 15 is 0 Å². The summed E-state index contributed by atoms with van der Waals surface area (Å²) < 4.78 is 5.10. The van der Waals surface area contributed by atoms with Crippen LogP contribution in [0.4, 0.5) is 0 Å². The number of ether oxygens (including phenoxy) is 1. The van der Waals surface area contributed by atoms with Crippen molar-refractivity contribution < 1.29 is 9.84 Å². The average molecular weight is 271 g/mol. The number of methoxy groups -OCH3 is 1. The van der Waals surface area contributed by atoms with Crippen LogP contribution in [-0.2, 0) is 6.42 Å². The summed E-state index contributed by atoms with van der Waals surface area (Å²) in [6.45, 7) is 6.26. The summed E-state index contributed by atoms with van der Waals surface area (Å²) in [7, 11) is 1.58. The molecule has 0 spiro atoms. The van der Waals surface area contributed by atoms with Gasteiger partial charge in [0, 0.05) is 12.5 Å². The Morgan fingerprint density at radius 1 is 1.15 bits per heavy atom. The largest absolute Gasteiger partial charge is 0.481 e. The van der Waals surface area contributed by atoms with Crippen molar-refractivity contribution in [2.24, 2.45) is 0 Å². The van der Waals surface area contributed by atoms with Crippen LogP contribution >= 0.6 is 0 Å². The summed E-state index contributed by atoms with van der Waals surface area (Å²) in [5, 5.41) is 10.4. The van der Waals surface area contributed by atoms with Gasteiger partial charge in [0.25, 0.3) is 0 Å². The van der Waals surface area contributed by atoms with Crippen LogP contribution in [-0.4, -0.2) is 17.2 Å². The molecule has 1 aromatic heterocycles. The van der Waals surface area contributed by atoms with Crippen LogP contribution in [0.1, 0.15) is 34.1 Å². The predicted octanol–water partition coefficient (Wildman–Crippen LogP) is 3.29. The Bertz CT molecular complexity index is 585. The van der Waals surface area contributed by atoms with Crippen LogP contribution in [0.25, 0.3) is 0 Å². The molecule has 20 heavy (non-hydrogen) atoms. The summed E-state index contributed by atoms with van der Waals surface area (Å²) >= 11 is 0. The molecular weight excluding hydrogens is 250 g/mol. The van der Waals surface area contributed by atoms with Crippen molar-refractivity contribution in [1.29, 1.82) is 0 Å². The Morgan fingerprint density at radius 3 is 2.40 bits per heavy atom. The van der Waals surface area contributed by atoms with Crippen LogP contribution in [0.5, 0.6) is 5.88 Å². The maximum Gasteiger partial charge on any atom is 0.213 e. The van der Waals surface area contributed by atoms with Crippen molar-refractivity contribution in [2.45, 2.75) is 33.3 Å². The lowest BCUT2D eigenvalue weighted by molar-refractivity contribution is 0.172. The number of aryl methyl sites for hydroxylation is 3. The third-order valence-electron chi connectivity index (χ3n) is 3.53. The molecular formula is C17H21NO2. The lowest BCUT2D eigenvalue weighted by atomic mass is 9.94. The highest BCUT2D eigenvalue weighted by molar-refractivity contribution is 5.38. The molecule has 1 unspecified atom stereocenters. The van der Waals surface area contributed by atoms with Crippen molar-refractivity contribution in [3.05, 3.63) is 58.3 Å². The fourth-order valence-electron chi connectivity index (χ4n) is 2.56. The fraction of sp³-hybridized carbons (Fsp3) is 0.353. The molecule has 1 aromatic carbocycles. The highest BCUT2D eigenvalue weighted by Gasteiger charge is 2.14. The molecule has 2 aromatic rings. The van der Waals surface area contributed by atoms with Crippen molar-refractivity contribution in [1.82, 2.24) is 4.98 Å². The topological polar surface area (TPSA) is 42.4 Å². The van der Waals surface area contributed by atoms with Crippen LogP contribution < -0.4 is 4.74 Å². The summed E-state index contributed by atoms with van der Waals surface area (Å²) in [5.74, 6) is 0.527. The zero-order valence-electron chi connectivity index (χ0n) is 12.5. The first-order valence-electron chi connectivity index (χ1n) is 6.77. The number of nitrogens with zero attached hydrogens (tertiary/aromatic N) is 1. The zero-order valence-corrected chi connectivity index (χ0v) is 12.5. The molecule has 0 saturated carbocycles. The molecule has 0 saturated heterocycles. The summed E-state index contributed by atoms with van der Waals surface area (Å²) in [4.78, 5) is 4.29. The fourth-order valence-corrected chi connectivity index (χ4v) is 2.56. The van der Waals surface area contributed by atoms with Gasteiger partial charge in [-0.15, -0.1) is 0 Å². The SMILES string of the molecule is COc1cccc(C(O)Cc2c(C)cc(C)cc2C)n1. The second-order valence-corrected chi connectivity index (χ2v) is 5.20. The van der Waals surface area contributed by atoms with Gasteiger partial charge in [-0.1, -0.05) is 23.8 Å². The highest BCUT2D eigenvalue weighted by Crippen LogP contribution is 2.24. The molecule has 3 nitrogen and oxygen atoms in total. The average Bonchev–Trinajstić information content (AvgIpc) is 2.42. The molecule has 0 aliphatic carbocycles. The minimum absolute atomic E-state index is 0.527. The normalized spacial score (nSPS) is 12.2. The molecule has 0 fully saturated rings. The van der Waals surface area contributed by atoms with E-state index in [9.17, 15) is 5.11 Å². The number of hydrogen-bond donors (Lipinski definition) is 1. The van der Waals surface area contributed by atoms with E-state index in [2.05, 4.69) is 37.9 Å². The number of aliphatic hydroxyl groups excluding tert-OH is 1. The Hall–Kier alpha value is -1.87. The van der Waals surface area contributed by atoms with Gasteiger partial charge >= 0.3 is 0 Å². The van der Waals surface area contributed by atoms with Gasteiger partial charge in [-0.05, 0) is 43.5 Å². The van der Waals surface area contributed by atoms with E-state index in [1.807, 2.05) is 12.1 Å². The smallest absolute Gasteiger partial charge is 0.213 e. The Labute approximate surface area is 120 Å². The van der Waals surface area contributed by atoms with Crippen LogP contribution in [0.15, 0.2) is 30.3 Å². The summed E-state index contributed by atoms with van der Waals surface area (Å²) in [6, 6.07) is 9.74. The van der Waals surface area contributed by atoms with Gasteiger partial charge < -0.3 is 9.84 Å². The highest BCUT2D eigenvalue weighted by atomic mass is 16.5. The first-order chi connectivity index (χ1) is 9.51. The van der Waals surface area contributed by atoms with E-state index in [0.29, 0.717) is 18.0 Å². The van der Waals surface area contributed by atoms with E-state index in [-0.39, 0.29) is 0 Å². The number of rotatable bonds is 4. The molecule has 106 valence electrons. The molecule has 0 radical (unpaired) electrons. The van der Waals surface area contributed by atoms with E-state index in [1.165, 1.54) is 22.3 Å². The van der Waals surface area contributed by atoms with E-state index in [1.54, 1.807) is 13.2 Å². The van der Waals surface area contributed by atoms with E-state index in [4.69, 9.17) is 4.74 Å². The maximum absolute atomic E-state index is 10.4. The summed E-state index contributed by atoms with van der Waals surface area (Å²) in [5.41, 5.74) is 5.50. The van der Waals surface area contributed by atoms with Gasteiger partial charge in [0.2, 0.25) is 5.88 Å². The van der Waals surface area contributed by atoms with E-state index in [0.717, 1.165) is 0 Å². The quantitative estimate of drug-likeness (QED) is 0.927. The third kappa shape index (κ3) is 3.17. The van der Waals surface area contributed by atoms with Crippen LogP contribution in [0.3, 0.4) is 0 Å². The number of hydrogen-bond acceptors (Lipinski definition) is 3. The molecule has 0 amide bonds. The monoisotopic (exact) mass is 271 g/mol. The molecule has 0 bridgehead atoms. The second-order valence-electron chi connectivity index (χ2n) is 5.20. The minimum atomic E-state index is -0.620. The number of aromatic nitrogens is 1. The molecule has 2 rings (SSSR count). The van der Waals surface area contributed by atoms with Gasteiger partial charge in [0.05, 0.1) is 12.8 Å². The molecule has 0 aliphatic heterocycles. The van der Waals surface area contributed by atoms with Crippen molar-refractivity contribution in [3.63, 3.8) is 0 Å². The number of benzene rings is 1. The van der Waals surface area contributed by atoms with Crippen molar-refractivity contribution >= 4 is 0 Å². The lowest BCUT2D eigenvalue weighted by Gasteiger charge is -2.16. The first-order valence-corrected chi connectivity index (χ1v) is 6.77. The van der Waals surface area contributed by atoms with Crippen LogP contribution in [0, 0.1) is 20.8 Å². The maximum atomic E-state index is 10.4. The molecule has 1 heterocycles. The minimum Gasteiger partial charge on any atom is -0.481 e. The Kier molecular flexibility index (Phi) is 4.40. The Balaban J connectivity index is 2.25. The standard InChI is InChI=1S/C17H21NO2/c1-11-8-12(2)14(13(3)9-11)10-16(19)15-6-5-7-17(18-15)20-4/h5-9,16,19H,10H2,1-4H3. The van der Waals surface area contributed by atoms with E-state index < -0.39 is 6.10 Å². The summed E-state index contributed by atoms with van der Waals surface area (Å²) in [6.07, 6.45) is -0.0526. The zero-order chi connectivity index (χ0) is 14.7. The Morgan fingerprint density at radius 2 is 1.80 bits per heavy atom. The van der Waals surface area contributed by atoms with Crippen molar-refractivity contribution in [3.8, 4) is 5.88 Å². The lowest BCUT2D eigenvalue weighted by Crippen LogP contribution is -2.07. The third-order valence-corrected chi connectivity index (χ3v) is 3.53. The molecule has 3 heteroatoms. The predicted molar refractivity (Wildman–Crippen MR) is 80.1 cm³/mol. The molecule has 1 atom stereocenters. The number of aliphatic hydroxyl groups is 1.